The lowest BCUT2D eigenvalue weighted by Gasteiger charge is -2.14. The molecule has 2 rings (SSSR count). The van der Waals surface area contributed by atoms with Gasteiger partial charge in [-0.1, -0.05) is 11.8 Å². The van der Waals surface area contributed by atoms with Crippen LogP contribution in [0.15, 0.2) is 40.4 Å². The molecule has 0 radical (unpaired) electrons. The normalized spacial score (nSPS) is 12.1. The Labute approximate surface area is 145 Å². The molecule has 1 heterocycles. The van der Waals surface area contributed by atoms with E-state index in [1.807, 2.05) is 5.32 Å². The van der Waals surface area contributed by atoms with Gasteiger partial charge in [0, 0.05) is 18.0 Å². The summed E-state index contributed by atoms with van der Waals surface area (Å²) in [4.78, 5) is 28.9. The van der Waals surface area contributed by atoms with E-state index in [9.17, 15) is 35.9 Å². The Morgan fingerprint density at radius 3 is 2.15 bits per heavy atom. The van der Waals surface area contributed by atoms with Crippen LogP contribution in [0.2, 0.25) is 0 Å². The Morgan fingerprint density at radius 1 is 1.08 bits per heavy atom. The zero-order valence-electron chi connectivity index (χ0n) is 12.5. The average molecular weight is 397 g/mol. The molecule has 2 aromatic rings. The minimum absolute atomic E-state index is 0.0387. The first kappa shape index (κ1) is 19.8. The van der Waals surface area contributed by atoms with E-state index in [-0.39, 0.29) is 17.0 Å². The standard InChI is InChI=1S/C14H9F6N3O2S/c15-13(16,17)7-3-8(14(18,19)20)5-9(4-7)22-11(25)6-26-12-21-2-1-10(24)23-12/h1-5H,6H2,(H,22,25)(H,21,23,24). The smallest absolute Gasteiger partial charge is 0.325 e. The number of aromatic nitrogens is 2. The minimum atomic E-state index is -5.01. The third kappa shape index (κ3) is 5.51. The van der Waals surface area contributed by atoms with Crippen molar-refractivity contribution in [1.82, 2.24) is 9.97 Å². The van der Waals surface area contributed by atoms with Gasteiger partial charge in [-0.15, -0.1) is 0 Å². The maximum absolute atomic E-state index is 12.8. The second-order valence-electron chi connectivity index (χ2n) is 4.87. The highest BCUT2D eigenvalue weighted by Gasteiger charge is 2.37. The Bertz CT molecular complexity index is 830. The van der Waals surface area contributed by atoms with Crippen LogP contribution in [0.3, 0.4) is 0 Å². The van der Waals surface area contributed by atoms with Crippen LogP contribution in [0.4, 0.5) is 32.0 Å². The van der Waals surface area contributed by atoms with E-state index in [1.165, 1.54) is 6.20 Å². The highest BCUT2D eigenvalue weighted by atomic mass is 32.2. The molecule has 0 aliphatic heterocycles. The fourth-order valence-electron chi connectivity index (χ4n) is 1.78. The second kappa shape index (κ2) is 7.40. The lowest BCUT2D eigenvalue weighted by Crippen LogP contribution is -2.17. The number of benzene rings is 1. The van der Waals surface area contributed by atoms with E-state index in [4.69, 9.17) is 0 Å². The van der Waals surface area contributed by atoms with Crippen LogP contribution in [-0.4, -0.2) is 21.6 Å². The third-order valence-electron chi connectivity index (χ3n) is 2.86. The van der Waals surface area contributed by atoms with Crippen molar-refractivity contribution in [3.05, 3.63) is 51.9 Å². The van der Waals surface area contributed by atoms with E-state index in [1.54, 1.807) is 0 Å². The summed E-state index contributed by atoms with van der Waals surface area (Å²) < 4.78 is 76.5. The predicted octanol–water partition coefficient (Wildman–Crippen LogP) is 3.54. The van der Waals surface area contributed by atoms with E-state index < -0.39 is 40.6 Å². The van der Waals surface area contributed by atoms with Crippen LogP contribution in [0, 0.1) is 0 Å². The van der Waals surface area contributed by atoms with Crippen molar-refractivity contribution >= 4 is 23.4 Å². The topological polar surface area (TPSA) is 74.8 Å². The summed E-state index contributed by atoms with van der Waals surface area (Å²) in [5, 5.41) is 2.05. The summed E-state index contributed by atoms with van der Waals surface area (Å²) in [6.07, 6.45) is -8.84. The maximum atomic E-state index is 12.8. The summed E-state index contributed by atoms with van der Waals surface area (Å²) in [7, 11) is 0. The number of carbonyl (C=O) groups excluding carboxylic acids is 1. The highest BCUT2D eigenvalue weighted by molar-refractivity contribution is 7.99. The number of carbonyl (C=O) groups is 1. The van der Waals surface area contributed by atoms with E-state index in [0.717, 1.165) is 17.8 Å². The molecule has 0 atom stereocenters. The zero-order chi connectivity index (χ0) is 19.5. The van der Waals surface area contributed by atoms with Gasteiger partial charge in [0.1, 0.15) is 0 Å². The molecule has 5 nitrogen and oxygen atoms in total. The largest absolute Gasteiger partial charge is 0.416 e. The molecular weight excluding hydrogens is 388 g/mol. The van der Waals surface area contributed by atoms with E-state index in [0.29, 0.717) is 12.1 Å². The molecule has 0 aliphatic rings. The Kier molecular flexibility index (Phi) is 5.64. The van der Waals surface area contributed by atoms with Crippen molar-refractivity contribution < 1.29 is 31.1 Å². The lowest BCUT2D eigenvalue weighted by atomic mass is 10.1. The Hall–Kier alpha value is -2.50. The number of rotatable bonds is 4. The number of halogens is 6. The maximum Gasteiger partial charge on any atom is 0.416 e. The first-order chi connectivity index (χ1) is 11.9. The molecule has 0 saturated heterocycles. The van der Waals surface area contributed by atoms with Crippen LogP contribution in [0.1, 0.15) is 11.1 Å². The molecule has 0 unspecified atom stereocenters. The number of amides is 1. The van der Waals surface area contributed by atoms with E-state index >= 15 is 0 Å². The van der Waals surface area contributed by atoms with Gasteiger partial charge >= 0.3 is 12.4 Å². The van der Waals surface area contributed by atoms with Crippen molar-refractivity contribution in [1.29, 1.82) is 0 Å². The summed E-state index contributed by atoms with van der Waals surface area (Å²) in [5.74, 6) is -1.25. The first-order valence-corrected chi connectivity index (χ1v) is 7.71. The summed E-state index contributed by atoms with van der Waals surface area (Å²) in [6, 6.07) is 1.90. The molecular formula is C14H9F6N3O2S. The number of hydrogen-bond donors (Lipinski definition) is 2. The monoisotopic (exact) mass is 397 g/mol. The van der Waals surface area contributed by atoms with Crippen LogP contribution in [-0.2, 0) is 17.1 Å². The number of hydrogen-bond acceptors (Lipinski definition) is 4. The number of H-pyrrole nitrogens is 1. The van der Waals surface area contributed by atoms with Crippen molar-refractivity contribution in [3.63, 3.8) is 0 Å². The van der Waals surface area contributed by atoms with E-state index in [2.05, 4.69) is 9.97 Å². The number of thioether (sulfide) groups is 1. The first-order valence-electron chi connectivity index (χ1n) is 6.72. The van der Waals surface area contributed by atoms with Gasteiger partial charge in [0.25, 0.3) is 5.56 Å². The molecule has 1 amide bonds. The Balaban J connectivity index is 2.17. The van der Waals surface area contributed by atoms with Crippen LogP contribution < -0.4 is 10.9 Å². The predicted molar refractivity (Wildman–Crippen MR) is 80.7 cm³/mol. The van der Waals surface area contributed by atoms with Gasteiger partial charge in [-0.05, 0) is 18.2 Å². The SMILES string of the molecule is O=C(CSc1nccc(=O)[nH]1)Nc1cc(C(F)(F)F)cc(C(F)(F)F)c1. The van der Waals surface area contributed by atoms with Crippen LogP contribution in [0.5, 0.6) is 0 Å². The molecule has 1 aromatic carbocycles. The van der Waals surface area contributed by atoms with Gasteiger partial charge in [0.05, 0.1) is 16.9 Å². The summed E-state index contributed by atoms with van der Waals surface area (Å²) >= 11 is 0.758. The van der Waals surface area contributed by atoms with Crippen molar-refractivity contribution in [2.45, 2.75) is 17.5 Å². The number of aromatic amines is 1. The summed E-state index contributed by atoms with van der Waals surface area (Å²) in [6.45, 7) is 0. The van der Waals surface area contributed by atoms with Crippen molar-refractivity contribution in [2.75, 3.05) is 11.1 Å². The molecule has 1 aromatic heterocycles. The third-order valence-corrected chi connectivity index (χ3v) is 3.75. The quantitative estimate of drug-likeness (QED) is 0.470. The molecule has 0 aliphatic carbocycles. The van der Waals surface area contributed by atoms with Gasteiger partial charge < -0.3 is 10.3 Å². The fraction of sp³-hybridized carbons (Fsp3) is 0.214. The highest BCUT2D eigenvalue weighted by Crippen LogP contribution is 2.37. The van der Waals surface area contributed by atoms with Gasteiger partial charge in [-0.25, -0.2) is 4.98 Å². The minimum Gasteiger partial charge on any atom is -0.325 e. The molecule has 0 bridgehead atoms. The molecule has 140 valence electrons. The fourth-order valence-corrected chi connectivity index (χ4v) is 2.43. The van der Waals surface area contributed by atoms with Crippen molar-refractivity contribution in [2.24, 2.45) is 0 Å². The second-order valence-corrected chi connectivity index (χ2v) is 5.83. The van der Waals surface area contributed by atoms with Crippen LogP contribution >= 0.6 is 11.8 Å². The summed E-state index contributed by atoms with van der Waals surface area (Å²) in [5.41, 5.74) is -4.20. The number of anilines is 1. The van der Waals surface area contributed by atoms with Crippen LogP contribution in [0.25, 0.3) is 0 Å². The number of nitrogens with one attached hydrogen (secondary N) is 2. The number of alkyl halides is 6. The van der Waals surface area contributed by atoms with Gasteiger partial charge in [0.15, 0.2) is 5.16 Å². The number of nitrogens with zero attached hydrogens (tertiary/aromatic N) is 1. The average Bonchev–Trinajstić information content (AvgIpc) is 2.51. The lowest BCUT2D eigenvalue weighted by molar-refractivity contribution is -0.143. The molecule has 2 N–H and O–H groups in total. The molecule has 26 heavy (non-hydrogen) atoms. The molecule has 0 saturated carbocycles. The van der Waals surface area contributed by atoms with Gasteiger partial charge in [-0.2, -0.15) is 26.3 Å². The molecule has 12 heteroatoms. The molecule has 0 fully saturated rings. The molecule has 0 spiro atoms. The zero-order valence-corrected chi connectivity index (χ0v) is 13.4. The Morgan fingerprint density at radius 2 is 1.65 bits per heavy atom. The van der Waals surface area contributed by atoms with Gasteiger partial charge in [0.2, 0.25) is 5.91 Å². The van der Waals surface area contributed by atoms with Gasteiger partial charge in [-0.3, -0.25) is 9.59 Å². The van der Waals surface area contributed by atoms with Crippen molar-refractivity contribution in [3.8, 4) is 0 Å².